The summed E-state index contributed by atoms with van der Waals surface area (Å²) in [6, 6.07) is 2.42. The number of nitrogens with one attached hydrogen (secondary N) is 1. The molecule has 1 unspecified atom stereocenters. The molecule has 1 N–H and O–H groups in total. The summed E-state index contributed by atoms with van der Waals surface area (Å²) < 4.78 is 1.13. The molecule has 0 fully saturated rings. The first-order chi connectivity index (χ1) is 8.74. The molecule has 0 aliphatic rings. The first kappa shape index (κ1) is 14.1. The zero-order chi connectivity index (χ0) is 13.0. The zero-order valence-corrected chi connectivity index (χ0v) is 13.7. The van der Waals surface area contributed by atoms with Gasteiger partial charge in [-0.05, 0) is 41.4 Å². The molecule has 0 saturated carbocycles. The van der Waals surface area contributed by atoms with Crippen LogP contribution in [0.4, 0.5) is 0 Å². The van der Waals surface area contributed by atoms with Crippen LogP contribution in [0.25, 0.3) is 10.6 Å². The molecule has 2 heterocycles. The fourth-order valence-electron chi connectivity index (χ4n) is 1.64. The highest BCUT2D eigenvalue weighted by Crippen LogP contribution is 2.32. The van der Waals surface area contributed by atoms with E-state index in [1.54, 1.807) is 22.7 Å². The van der Waals surface area contributed by atoms with Crippen LogP contribution in [0.15, 0.2) is 15.2 Å². The smallest absolute Gasteiger partial charge is 0.148 e. The fraction of sp³-hybridized carbons (Fsp3) is 0.500. The Bertz CT molecular complexity index is 495. The average Bonchev–Trinajstić information content (AvgIpc) is 2.99. The van der Waals surface area contributed by atoms with Crippen molar-refractivity contribution in [3.8, 4) is 10.6 Å². The van der Waals surface area contributed by atoms with Gasteiger partial charge in [0.2, 0.25) is 0 Å². The van der Waals surface area contributed by atoms with Gasteiger partial charge >= 0.3 is 0 Å². The Balaban J connectivity index is 2.13. The molecular weight excluding hydrogens is 330 g/mol. The lowest BCUT2D eigenvalue weighted by atomic mass is 10.2. The zero-order valence-electron chi connectivity index (χ0n) is 10.4. The number of aromatic nitrogens is 2. The lowest BCUT2D eigenvalue weighted by Crippen LogP contribution is -2.21. The lowest BCUT2D eigenvalue weighted by Gasteiger charge is -2.12. The molecule has 18 heavy (non-hydrogen) atoms. The van der Waals surface area contributed by atoms with Crippen molar-refractivity contribution in [2.45, 2.75) is 32.7 Å². The predicted molar refractivity (Wildman–Crippen MR) is 82.2 cm³/mol. The van der Waals surface area contributed by atoms with Gasteiger partial charge in [-0.2, -0.15) is 0 Å². The molecule has 2 rings (SSSR count). The second-order valence-corrected chi connectivity index (χ2v) is 7.30. The van der Waals surface area contributed by atoms with E-state index >= 15 is 0 Å². The Morgan fingerprint density at radius 1 is 1.39 bits per heavy atom. The third-order valence-corrected chi connectivity index (χ3v) is 5.19. The Labute approximate surface area is 124 Å². The fourth-order valence-corrected chi connectivity index (χ4v) is 3.84. The van der Waals surface area contributed by atoms with Crippen LogP contribution in [-0.2, 0) is 0 Å². The van der Waals surface area contributed by atoms with Crippen LogP contribution in [0.2, 0.25) is 0 Å². The van der Waals surface area contributed by atoms with Crippen molar-refractivity contribution < 1.29 is 0 Å². The molecule has 0 spiro atoms. The molecule has 0 radical (unpaired) electrons. The van der Waals surface area contributed by atoms with Gasteiger partial charge in [-0.1, -0.05) is 25.2 Å². The van der Waals surface area contributed by atoms with E-state index in [9.17, 15) is 0 Å². The van der Waals surface area contributed by atoms with E-state index in [0.717, 1.165) is 38.8 Å². The van der Waals surface area contributed by atoms with Gasteiger partial charge in [0.05, 0.1) is 9.83 Å². The molecule has 0 saturated heterocycles. The number of thiophene rings is 1. The van der Waals surface area contributed by atoms with E-state index in [2.05, 4.69) is 56.7 Å². The van der Waals surface area contributed by atoms with Gasteiger partial charge in [0.25, 0.3) is 0 Å². The Morgan fingerprint density at radius 3 is 2.83 bits per heavy atom. The summed E-state index contributed by atoms with van der Waals surface area (Å²) in [5.74, 6) is 0. The van der Waals surface area contributed by atoms with Gasteiger partial charge in [0, 0.05) is 10.9 Å². The summed E-state index contributed by atoms with van der Waals surface area (Å²) in [7, 11) is 0. The van der Waals surface area contributed by atoms with Crippen LogP contribution >= 0.6 is 38.6 Å². The third-order valence-electron chi connectivity index (χ3n) is 2.60. The second-order valence-electron chi connectivity index (χ2n) is 4.00. The number of hydrogen-bond acceptors (Lipinski definition) is 5. The van der Waals surface area contributed by atoms with Crippen LogP contribution in [0, 0.1) is 0 Å². The number of halogens is 1. The van der Waals surface area contributed by atoms with Crippen LogP contribution in [0.5, 0.6) is 0 Å². The van der Waals surface area contributed by atoms with Crippen molar-refractivity contribution in [1.82, 2.24) is 15.5 Å². The molecule has 6 heteroatoms. The normalized spacial score (nSPS) is 12.8. The van der Waals surface area contributed by atoms with E-state index in [-0.39, 0.29) is 0 Å². The van der Waals surface area contributed by atoms with Crippen molar-refractivity contribution in [2.75, 3.05) is 6.54 Å². The van der Waals surface area contributed by atoms with Gasteiger partial charge in [-0.3, -0.25) is 0 Å². The van der Waals surface area contributed by atoms with Crippen LogP contribution in [0.3, 0.4) is 0 Å². The summed E-state index contributed by atoms with van der Waals surface area (Å²) >= 11 is 6.84. The number of rotatable bonds is 6. The summed E-state index contributed by atoms with van der Waals surface area (Å²) in [5, 5.41) is 16.3. The van der Waals surface area contributed by atoms with Crippen molar-refractivity contribution >= 4 is 38.6 Å². The van der Waals surface area contributed by atoms with Gasteiger partial charge < -0.3 is 5.32 Å². The first-order valence-corrected chi connectivity index (χ1v) is 8.54. The van der Waals surface area contributed by atoms with Gasteiger partial charge in [-0.15, -0.1) is 21.5 Å². The molecular formula is C12H16BrN3S2. The predicted octanol–water partition coefficient (Wildman–Crippen LogP) is 4.48. The van der Waals surface area contributed by atoms with E-state index in [1.165, 1.54) is 0 Å². The second kappa shape index (κ2) is 6.75. The first-order valence-electron chi connectivity index (χ1n) is 6.05. The quantitative estimate of drug-likeness (QED) is 0.838. The standard InChI is InChI=1S/C12H16BrN3S2/c1-3-5-14-9(4-2)12-16-15-11(18-12)8-6-10(13)17-7-8/h6-7,9,14H,3-5H2,1-2H3. The summed E-state index contributed by atoms with van der Waals surface area (Å²) in [4.78, 5) is 0. The molecule has 2 aromatic heterocycles. The van der Waals surface area contributed by atoms with Crippen LogP contribution in [-0.4, -0.2) is 16.7 Å². The lowest BCUT2D eigenvalue weighted by molar-refractivity contribution is 0.513. The van der Waals surface area contributed by atoms with Gasteiger partial charge in [0.15, 0.2) is 0 Å². The monoisotopic (exact) mass is 345 g/mol. The van der Waals surface area contributed by atoms with Gasteiger partial charge in [-0.25, -0.2) is 0 Å². The molecule has 0 amide bonds. The van der Waals surface area contributed by atoms with Gasteiger partial charge in [0.1, 0.15) is 10.0 Å². The molecule has 0 aromatic carbocycles. The third kappa shape index (κ3) is 3.38. The average molecular weight is 346 g/mol. The number of hydrogen-bond donors (Lipinski definition) is 1. The van der Waals surface area contributed by atoms with Crippen molar-refractivity contribution in [3.63, 3.8) is 0 Å². The SMILES string of the molecule is CCCNC(CC)c1nnc(-c2csc(Br)c2)s1. The highest BCUT2D eigenvalue weighted by Gasteiger charge is 2.15. The van der Waals surface area contributed by atoms with Crippen molar-refractivity contribution in [3.05, 3.63) is 20.2 Å². The van der Waals surface area contributed by atoms with Crippen molar-refractivity contribution in [2.24, 2.45) is 0 Å². The van der Waals surface area contributed by atoms with E-state index in [1.807, 2.05) is 0 Å². The van der Waals surface area contributed by atoms with E-state index in [0.29, 0.717) is 6.04 Å². The molecule has 1 atom stereocenters. The summed E-state index contributed by atoms with van der Waals surface area (Å²) in [6.45, 7) is 5.38. The number of nitrogens with zero attached hydrogens (tertiary/aromatic N) is 2. The summed E-state index contributed by atoms with van der Waals surface area (Å²) in [5.41, 5.74) is 1.15. The maximum atomic E-state index is 4.32. The topological polar surface area (TPSA) is 37.8 Å². The van der Waals surface area contributed by atoms with Crippen LogP contribution < -0.4 is 5.32 Å². The highest BCUT2D eigenvalue weighted by molar-refractivity contribution is 9.11. The molecule has 98 valence electrons. The molecule has 3 nitrogen and oxygen atoms in total. The van der Waals surface area contributed by atoms with E-state index < -0.39 is 0 Å². The molecule has 2 aromatic rings. The Hall–Kier alpha value is -0.300. The highest BCUT2D eigenvalue weighted by atomic mass is 79.9. The minimum Gasteiger partial charge on any atom is -0.308 e. The largest absolute Gasteiger partial charge is 0.308 e. The van der Waals surface area contributed by atoms with Crippen LogP contribution in [0.1, 0.15) is 37.7 Å². The summed E-state index contributed by atoms with van der Waals surface area (Å²) in [6.07, 6.45) is 2.18. The Kier molecular flexibility index (Phi) is 5.29. The molecule has 0 aliphatic heterocycles. The van der Waals surface area contributed by atoms with Crippen molar-refractivity contribution in [1.29, 1.82) is 0 Å². The maximum Gasteiger partial charge on any atom is 0.148 e. The molecule has 0 aliphatic carbocycles. The molecule has 0 bridgehead atoms. The van der Waals surface area contributed by atoms with E-state index in [4.69, 9.17) is 0 Å². The Morgan fingerprint density at radius 2 is 2.22 bits per heavy atom. The minimum absolute atomic E-state index is 0.332. The minimum atomic E-state index is 0.332. The maximum absolute atomic E-state index is 4.32.